The third-order valence-corrected chi connectivity index (χ3v) is 1.75. The smallest absolute Gasteiger partial charge is 0.222 e. The molecule has 0 aromatic rings. The topological polar surface area (TPSA) is 20.3 Å². The Balaban J connectivity index is 3.84. The van der Waals surface area contributed by atoms with Crippen LogP contribution >= 0.6 is 0 Å². The molecular weight excluding hydrogens is 150 g/mol. The fraction of sp³-hybridized carbons (Fsp3) is 0.700. The molecule has 0 aliphatic rings. The Morgan fingerprint density at radius 3 is 2.50 bits per heavy atom. The lowest BCUT2D eigenvalue weighted by Gasteiger charge is -2.20. The molecule has 0 aliphatic heterocycles. The van der Waals surface area contributed by atoms with Crippen LogP contribution in [0.4, 0.5) is 0 Å². The van der Waals surface area contributed by atoms with Crippen molar-refractivity contribution in [3.63, 3.8) is 0 Å². The third kappa shape index (κ3) is 4.16. The van der Waals surface area contributed by atoms with Crippen molar-refractivity contribution in [2.75, 3.05) is 13.1 Å². The first kappa shape index (κ1) is 11.2. The van der Waals surface area contributed by atoms with Crippen LogP contribution in [0.25, 0.3) is 0 Å². The SMILES string of the molecule is C=CCCN(CCC)C(=O)CC. The Morgan fingerprint density at radius 2 is 2.08 bits per heavy atom. The second-order valence-electron chi connectivity index (χ2n) is 2.81. The van der Waals surface area contributed by atoms with Gasteiger partial charge in [0.2, 0.25) is 5.91 Å². The average molecular weight is 169 g/mol. The molecule has 2 nitrogen and oxygen atoms in total. The minimum Gasteiger partial charge on any atom is -0.342 e. The van der Waals surface area contributed by atoms with Gasteiger partial charge >= 0.3 is 0 Å². The summed E-state index contributed by atoms with van der Waals surface area (Å²) in [5.74, 6) is 0.249. The van der Waals surface area contributed by atoms with Crippen LogP contribution in [-0.2, 0) is 4.79 Å². The van der Waals surface area contributed by atoms with Gasteiger partial charge in [-0.25, -0.2) is 0 Å². The molecule has 0 saturated carbocycles. The summed E-state index contributed by atoms with van der Waals surface area (Å²) in [6.45, 7) is 9.33. The number of amides is 1. The zero-order valence-corrected chi connectivity index (χ0v) is 8.18. The predicted molar refractivity (Wildman–Crippen MR) is 52.0 cm³/mol. The molecule has 0 aliphatic carbocycles. The van der Waals surface area contributed by atoms with Gasteiger partial charge in [0.05, 0.1) is 0 Å². The summed E-state index contributed by atoms with van der Waals surface area (Å²) in [6, 6.07) is 0. The van der Waals surface area contributed by atoms with Crippen molar-refractivity contribution < 1.29 is 4.79 Å². The van der Waals surface area contributed by atoms with Gasteiger partial charge in [0.1, 0.15) is 0 Å². The second-order valence-corrected chi connectivity index (χ2v) is 2.81. The maximum atomic E-state index is 11.3. The Bertz CT molecular complexity index is 143. The second kappa shape index (κ2) is 6.89. The Hall–Kier alpha value is -0.790. The van der Waals surface area contributed by atoms with E-state index in [0.717, 1.165) is 25.9 Å². The molecule has 1 amide bonds. The maximum absolute atomic E-state index is 11.3. The molecule has 0 bridgehead atoms. The van der Waals surface area contributed by atoms with Crippen LogP contribution in [0.15, 0.2) is 12.7 Å². The van der Waals surface area contributed by atoms with E-state index in [1.807, 2.05) is 17.9 Å². The molecule has 0 fully saturated rings. The van der Waals surface area contributed by atoms with Gasteiger partial charge in [0, 0.05) is 19.5 Å². The van der Waals surface area contributed by atoms with E-state index in [1.54, 1.807) is 0 Å². The fourth-order valence-electron chi connectivity index (χ4n) is 1.10. The summed E-state index contributed by atoms with van der Waals surface area (Å²) >= 11 is 0. The Morgan fingerprint density at radius 1 is 1.42 bits per heavy atom. The highest BCUT2D eigenvalue weighted by molar-refractivity contribution is 5.75. The lowest BCUT2D eigenvalue weighted by Crippen LogP contribution is -2.31. The van der Waals surface area contributed by atoms with Crippen molar-refractivity contribution in [2.45, 2.75) is 33.1 Å². The summed E-state index contributed by atoms with van der Waals surface area (Å²) in [7, 11) is 0. The fourth-order valence-corrected chi connectivity index (χ4v) is 1.10. The predicted octanol–water partition coefficient (Wildman–Crippen LogP) is 2.21. The van der Waals surface area contributed by atoms with Gasteiger partial charge in [-0.05, 0) is 12.8 Å². The van der Waals surface area contributed by atoms with E-state index in [4.69, 9.17) is 0 Å². The first-order valence-corrected chi connectivity index (χ1v) is 4.64. The van der Waals surface area contributed by atoms with Crippen molar-refractivity contribution in [3.8, 4) is 0 Å². The van der Waals surface area contributed by atoms with E-state index in [-0.39, 0.29) is 5.91 Å². The van der Waals surface area contributed by atoms with Gasteiger partial charge < -0.3 is 4.90 Å². The number of carbonyl (C=O) groups excluding carboxylic acids is 1. The lowest BCUT2D eigenvalue weighted by molar-refractivity contribution is -0.130. The molecular formula is C10H19NO. The van der Waals surface area contributed by atoms with Crippen molar-refractivity contribution in [1.82, 2.24) is 4.90 Å². The van der Waals surface area contributed by atoms with E-state index < -0.39 is 0 Å². The number of nitrogens with zero attached hydrogens (tertiary/aromatic N) is 1. The highest BCUT2D eigenvalue weighted by Gasteiger charge is 2.07. The van der Waals surface area contributed by atoms with Crippen molar-refractivity contribution in [3.05, 3.63) is 12.7 Å². The first-order valence-electron chi connectivity index (χ1n) is 4.64. The first-order chi connectivity index (χ1) is 5.76. The molecule has 0 atom stereocenters. The van der Waals surface area contributed by atoms with Gasteiger partial charge in [-0.2, -0.15) is 0 Å². The molecule has 2 heteroatoms. The standard InChI is InChI=1S/C10H19NO/c1-4-7-9-11(8-5-2)10(12)6-3/h4H,1,5-9H2,2-3H3. The van der Waals surface area contributed by atoms with Crippen LogP contribution in [0.5, 0.6) is 0 Å². The zero-order chi connectivity index (χ0) is 9.40. The lowest BCUT2D eigenvalue weighted by atomic mass is 10.3. The minimum atomic E-state index is 0.249. The molecule has 0 saturated heterocycles. The Kier molecular flexibility index (Phi) is 6.44. The van der Waals surface area contributed by atoms with E-state index in [0.29, 0.717) is 6.42 Å². The van der Waals surface area contributed by atoms with Crippen LogP contribution in [0, 0.1) is 0 Å². The van der Waals surface area contributed by atoms with E-state index in [9.17, 15) is 4.79 Å². The van der Waals surface area contributed by atoms with Gasteiger partial charge in [0.25, 0.3) is 0 Å². The summed E-state index contributed by atoms with van der Waals surface area (Å²) in [6.07, 6.45) is 4.39. The van der Waals surface area contributed by atoms with Crippen LogP contribution in [0.2, 0.25) is 0 Å². The number of hydrogen-bond donors (Lipinski definition) is 0. The van der Waals surface area contributed by atoms with Gasteiger partial charge in [0.15, 0.2) is 0 Å². The summed E-state index contributed by atoms with van der Waals surface area (Å²) in [4.78, 5) is 13.2. The van der Waals surface area contributed by atoms with Gasteiger partial charge in [-0.3, -0.25) is 4.79 Å². The number of rotatable bonds is 6. The van der Waals surface area contributed by atoms with Crippen molar-refractivity contribution in [2.24, 2.45) is 0 Å². The summed E-state index contributed by atoms with van der Waals surface area (Å²) < 4.78 is 0. The van der Waals surface area contributed by atoms with Crippen LogP contribution in [0.3, 0.4) is 0 Å². The summed E-state index contributed by atoms with van der Waals surface area (Å²) in [5.41, 5.74) is 0. The normalized spacial score (nSPS) is 9.50. The summed E-state index contributed by atoms with van der Waals surface area (Å²) in [5, 5.41) is 0. The molecule has 0 radical (unpaired) electrons. The molecule has 0 aromatic heterocycles. The number of carbonyl (C=O) groups is 1. The van der Waals surface area contributed by atoms with Crippen molar-refractivity contribution in [1.29, 1.82) is 0 Å². The zero-order valence-electron chi connectivity index (χ0n) is 8.18. The molecule has 0 N–H and O–H groups in total. The van der Waals surface area contributed by atoms with Crippen LogP contribution in [0.1, 0.15) is 33.1 Å². The van der Waals surface area contributed by atoms with Crippen LogP contribution in [-0.4, -0.2) is 23.9 Å². The third-order valence-electron chi connectivity index (χ3n) is 1.75. The molecule has 0 rings (SSSR count). The Labute approximate surface area is 75.3 Å². The monoisotopic (exact) mass is 169 g/mol. The highest BCUT2D eigenvalue weighted by atomic mass is 16.2. The molecule has 0 aromatic carbocycles. The maximum Gasteiger partial charge on any atom is 0.222 e. The van der Waals surface area contributed by atoms with E-state index >= 15 is 0 Å². The molecule has 0 heterocycles. The number of hydrogen-bond acceptors (Lipinski definition) is 1. The van der Waals surface area contributed by atoms with Crippen molar-refractivity contribution >= 4 is 5.91 Å². The van der Waals surface area contributed by atoms with E-state index in [1.165, 1.54) is 0 Å². The average Bonchev–Trinajstić information content (AvgIpc) is 2.11. The molecule has 0 unspecified atom stereocenters. The largest absolute Gasteiger partial charge is 0.342 e. The highest BCUT2D eigenvalue weighted by Crippen LogP contribution is 1.98. The molecule has 0 spiro atoms. The van der Waals surface area contributed by atoms with Gasteiger partial charge in [-0.15, -0.1) is 6.58 Å². The molecule has 70 valence electrons. The van der Waals surface area contributed by atoms with E-state index in [2.05, 4.69) is 13.5 Å². The van der Waals surface area contributed by atoms with Crippen LogP contribution < -0.4 is 0 Å². The molecule has 12 heavy (non-hydrogen) atoms. The minimum absolute atomic E-state index is 0.249. The van der Waals surface area contributed by atoms with Gasteiger partial charge in [-0.1, -0.05) is 19.9 Å². The quantitative estimate of drug-likeness (QED) is 0.558.